The molecule has 1 aliphatic heterocycles. The Bertz CT molecular complexity index is 591. The normalized spacial score (nSPS) is 19.5. The first-order chi connectivity index (χ1) is 9.25. The minimum Gasteiger partial charge on any atom is -0.476 e. The smallest absolute Gasteiger partial charge is 0.356 e. The zero-order valence-corrected chi connectivity index (χ0v) is 11.3. The fourth-order valence-corrected chi connectivity index (χ4v) is 4.31. The predicted octanol–water partition coefficient (Wildman–Crippen LogP) is 1.68. The van der Waals surface area contributed by atoms with E-state index in [1.54, 1.807) is 11.8 Å². The summed E-state index contributed by atoms with van der Waals surface area (Å²) >= 11 is 3.65. The number of H-pyrrole nitrogens is 1. The zero-order chi connectivity index (χ0) is 13.2. The second kappa shape index (κ2) is 5.25. The van der Waals surface area contributed by atoms with E-state index in [0.717, 1.165) is 17.3 Å². The molecule has 3 rings (SSSR count). The van der Waals surface area contributed by atoms with Crippen molar-refractivity contribution in [3.8, 4) is 11.6 Å². The molecule has 0 radical (unpaired) electrons. The maximum absolute atomic E-state index is 11.0. The molecule has 1 unspecified atom stereocenters. The number of thioether (sulfide) groups is 2. The topological polar surface area (TPSA) is 105 Å². The Labute approximate surface area is 116 Å². The summed E-state index contributed by atoms with van der Waals surface area (Å²) in [7, 11) is 0. The van der Waals surface area contributed by atoms with Gasteiger partial charge in [-0.05, 0) is 0 Å². The summed E-state index contributed by atoms with van der Waals surface area (Å²) in [6.45, 7) is 0. The molecule has 0 bridgehead atoms. The van der Waals surface area contributed by atoms with E-state index in [0.29, 0.717) is 5.82 Å². The summed E-state index contributed by atoms with van der Waals surface area (Å²) in [5.74, 6) is 2.79. The molecule has 2 aromatic rings. The van der Waals surface area contributed by atoms with Gasteiger partial charge in [0.05, 0.1) is 11.6 Å². The molecular formula is C10H10N4O3S2. The minimum absolute atomic E-state index is 0.110. The highest BCUT2D eigenvalue weighted by Crippen LogP contribution is 2.35. The van der Waals surface area contributed by atoms with Crippen LogP contribution in [-0.2, 0) is 0 Å². The van der Waals surface area contributed by atoms with Crippen LogP contribution in [0.1, 0.15) is 21.6 Å². The van der Waals surface area contributed by atoms with Gasteiger partial charge in [-0.3, -0.25) is 0 Å². The molecule has 2 N–H and O–H groups in total. The average Bonchev–Trinajstić information content (AvgIpc) is 3.08. The van der Waals surface area contributed by atoms with E-state index in [4.69, 9.17) is 9.63 Å². The van der Waals surface area contributed by atoms with Crippen LogP contribution in [0.5, 0.6) is 0 Å². The van der Waals surface area contributed by atoms with Crippen LogP contribution in [0.4, 0.5) is 0 Å². The molecule has 3 heterocycles. The number of nitrogens with one attached hydrogen (secondary N) is 1. The Morgan fingerprint density at radius 3 is 3.16 bits per heavy atom. The van der Waals surface area contributed by atoms with Gasteiger partial charge in [-0.2, -0.15) is 16.7 Å². The number of nitrogens with zero attached hydrogens (tertiary/aromatic N) is 3. The third-order valence-corrected chi connectivity index (χ3v) is 5.35. The molecule has 19 heavy (non-hydrogen) atoms. The lowest BCUT2D eigenvalue weighted by molar-refractivity contribution is 0.0691. The van der Waals surface area contributed by atoms with Crippen LogP contribution in [0.25, 0.3) is 11.6 Å². The quantitative estimate of drug-likeness (QED) is 0.881. The van der Waals surface area contributed by atoms with Crippen LogP contribution in [0, 0.1) is 0 Å². The van der Waals surface area contributed by atoms with Crippen LogP contribution in [0.2, 0.25) is 0 Å². The van der Waals surface area contributed by atoms with E-state index in [-0.39, 0.29) is 22.5 Å². The SMILES string of the molecule is O=C(O)c1nc[nH]c1-c1nc(C2CSCCS2)no1. The van der Waals surface area contributed by atoms with Gasteiger partial charge in [0.2, 0.25) is 0 Å². The molecule has 2 aromatic heterocycles. The number of rotatable bonds is 3. The lowest BCUT2D eigenvalue weighted by Crippen LogP contribution is -2.08. The lowest BCUT2D eigenvalue weighted by atomic mass is 10.3. The van der Waals surface area contributed by atoms with Crippen molar-refractivity contribution in [1.29, 1.82) is 0 Å². The van der Waals surface area contributed by atoms with E-state index in [2.05, 4.69) is 20.1 Å². The lowest BCUT2D eigenvalue weighted by Gasteiger charge is -2.16. The van der Waals surface area contributed by atoms with Crippen molar-refractivity contribution < 1.29 is 14.4 Å². The molecule has 0 saturated carbocycles. The van der Waals surface area contributed by atoms with E-state index in [1.807, 2.05) is 11.8 Å². The van der Waals surface area contributed by atoms with Crippen molar-refractivity contribution in [2.24, 2.45) is 0 Å². The number of aromatic carboxylic acids is 1. The highest BCUT2D eigenvalue weighted by atomic mass is 32.2. The highest BCUT2D eigenvalue weighted by molar-refractivity contribution is 8.06. The van der Waals surface area contributed by atoms with Gasteiger partial charge in [-0.1, -0.05) is 5.16 Å². The maximum Gasteiger partial charge on any atom is 0.356 e. The fraction of sp³-hybridized carbons (Fsp3) is 0.400. The molecule has 7 nitrogen and oxygen atoms in total. The van der Waals surface area contributed by atoms with Crippen molar-refractivity contribution >= 4 is 29.5 Å². The van der Waals surface area contributed by atoms with Crippen LogP contribution < -0.4 is 0 Å². The van der Waals surface area contributed by atoms with Crippen molar-refractivity contribution in [3.63, 3.8) is 0 Å². The molecule has 1 saturated heterocycles. The van der Waals surface area contributed by atoms with Gasteiger partial charge in [0, 0.05) is 17.3 Å². The van der Waals surface area contributed by atoms with Gasteiger partial charge in [0.15, 0.2) is 11.5 Å². The molecule has 1 aliphatic rings. The third-order valence-electron chi connectivity index (χ3n) is 2.60. The minimum atomic E-state index is -1.13. The standard InChI is InChI=1S/C10H10N4O3S2/c15-10(16)7-6(11-4-12-7)9-13-8(14-17-9)5-3-18-1-2-19-5/h4-5H,1-3H2,(H,11,12)(H,15,16). The first-order valence-electron chi connectivity index (χ1n) is 5.55. The molecule has 1 fully saturated rings. The van der Waals surface area contributed by atoms with E-state index >= 15 is 0 Å². The molecule has 9 heteroatoms. The van der Waals surface area contributed by atoms with E-state index < -0.39 is 5.97 Å². The highest BCUT2D eigenvalue weighted by Gasteiger charge is 2.25. The monoisotopic (exact) mass is 298 g/mol. The van der Waals surface area contributed by atoms with Gasteiger partial charge in [0.1, 0.15) is 5.69 Å². The summed E-state index contributed by atoms with van der Waals surface area (Å²) in [6.07, 6.45) is 1.30. The van der Waals surface area contributed by atoms with Crippen molar-refractivity contribution in [2.75, 3.05) is 17.3 Å². The van der Waals surface area contributed by atoms with Gasteiger partial charge < -0.3 is 14.6 Å². The first kappa shape index (κ1) is 12.5. The Kier molecular flexibility index (Phi) is 3.47. The first-order valence-corrected chi connectivity index (χ1v) is 7.76. The summed E-state index contributed by atoms with van der Waals surface area (Å²) < 4.78 is 5.13. The fourth-order valence-electron chi connectivity index (χ4n) is 1.72. The molecule has 0 amide bonds. The molecular weight excluding hydrogens is 288 g/mol. The van der Waals surface area contributed by atoms with Crippen LogP contribution in [0.3, 0.4) is 0 Å². The van der Waals surface area contributed by atoms with Gasteiger partial charge in [-0.15, -0.1) is 11.8 Å². The molecule has 100 valence electrons. The molecule has 0 aromatic carbocycles. The Morgan fingerprint density at radius 2 is 2.42 bits per heavy atom. The zero-order valence-electron chi connectivity index (χ0n) is 9.70. The maximum atomic E-state index is 11.0. The predicted molar refractivity (Wildman–Crippen MR) is 71.4 cm³/mol. The Morgan fingerprint density at radius 1 is 1.53 bits per heavy atom. The van der Waals surface area contributed by atoms with Gasteiger partial charge in [-0.25, -0.2) is 9.78 Å². The summed E-state index contributed by atoms with van der Waals surface area (Å²) in [6, 6.07) is 0. The van der Waals surface area contributed by atoms with Gasteiger partial charge in [0.25, 0.3) is 5.89 Å². The summed E-state index contributed by atoms with van der Waals surface area (Å²) in [5, 5.41) is 13.1. The number of hydrogen-bond donors (Lipinski definition) is 2. The molecule has 0 aliphatic carbocycles. The second-order valence-electron chi connectivity index (χ2n) is 3.82. The van der Waals surface area contributed by atoms with E-state index in [9.17, 15) is 4.79 Å². The van der Waals surface area contributed by atoms with Crippen LogP contribution in [0.15, 0.2) is 10.9 Å². The summed E-state index contributed by atoms with van der Waals surface area (Å²) in [5.41, 5.74) is 0.139. The third kappa shape index (κ3) is 2.47. The molecule has 1 atom stereocenters. The van der Waals surface area contributed by atoms with Crippen LogP contribution >= 0.6 is 23.5 Å². The second-order valence-corrected chi connectivity index (χ2v) is 6.28. The number of aromatic amines is 1. The Hall–Kier alpha value is -1.48. The average molecular weight is 298 g/mol. The number of aromatic nitrogens is 4. The number of carboxylic acid groups (broad SMARTS) is 1. The number of imidazole rings is 1. The number of carbonyl (C=O) groups is 1. The number of hydrogen-bond acceptors (Lipinski definition) is 7. The Balaban J connectivity index is 1.88. The largest absolute Gasteiger partial charge is 0.476 e. The summed E-state index contributed by atoms with van der Waals surface area (Å²) in [4.78, 5) is 21.7. The van der Waals surface area contributed by atoms with Crippen LogP contribution in [-0.4, -0.2) is 48.4 Å². The van der Waals surface area contributed by atoms with Crippen molar-refractivity contribution in [2.45, 2.75) is 5.25 Å². The van der Waals surface area contributed by atoms with Gasteiger partial charge >= 0.3 is 5.97 Å². The van der Waals surface area contributed by atoms with Crippen molar-refractivity contribution in [1.82, 2.24) is 20.1 Å². The number of carboxylic acids is 1. The molecule has 0 spiro atoms. The van der Waals surface area contributed by atoms with E-state index in [1.165, 1.54) is 6.33 Å². The van der Waals surface area contributed by atoms with Crippen molar-refractivity contribution in [3.05, 3.63) is 17.8 Å².